The van der Waals surface area contributed by atoms with Crippen LogP contribution in [0.2, 0.25) is 0 Å². The molecule has 1 unspecified atom stereocenters. The maximum atomic E-state index is 11.3. The van der Waals surface area contributed by atoms with E-state index in [1.54, 1.807) is 6.20 Å². The first-order valence-corrected chi connectivity index (χ1v) is 5.58. The molecule has 0 radical (unpaired) electrons. The third-order valence-electron chi connectivity index (χ3n) is 3.00. The van der Waals surface area contributed by atoms with Gasteiger partial charge in [-0.3, -0.25) is 14.8 Å². The number of nitrogens with zero attached hydrogens (tertiary/aromatic N) is 2. The van der Waals surface area contributed by atoms with Crippen molar-refractivity contribution in [2.75, 3.05) is 0 Å². The number of hydrogen-bond acceptors (Lipinski definition) is 3. The molecule has 1 aromatic heterocycles. The lowest BCUT2D eigenvalue weighted by Crippen LogP contribution is -2.38. The van der Waals surface area contributed by atoms with Crippen LogP contribution in [0.3, 0.4) is 0 Å². The number of pyridine rings is 1. The molecular weight excluding hydrogens is 226 g/mol. The first kappa shape index (κ1) is 10.7. The second-order valence-corrected chi connectivity index (χ2v) is 4.23. The van der Waals surface area contributed by atoms with Crippen LogP contribution in [0, 0.1) is 0 Å². The number of aromatic nitrogens is 1. The Labute approximate surface area is 103 Å². The zero-order valence-corrected chi connectivity index (χ0v) is 9.63. The Morgan fingerprint density at radius 1 is 1.33 bits per heavy atom. The molecule has 0 saturated heterocycles. The first-order valence-electron chi connectivity index (χ1n) is 5.58. The summed E-state index contributed by atoms with van der Waals surface area (Å²) in [4.78, 5) is 20.0. The molecule has 2 N–H and O–H groups in total. The van der Waals surface area contributed by atoms with Gasteiger partial charge in [0.2, 0.25) is 5.91 Å². The van der Waals surface area contributed by atoms with Gasteiger partial charge in [-0.15, -0.1) is 0 Å². The summed E-state index contributed by atoms with van der Waals surface area (Å²) >= 11 is 0. The molecule has 2 aromatic rings. The fraction of sp³-hybridized carbons (Fsp3) is 0.0714. The maximum absolute atomic E-state index is 11.3. The minimum atomic E-state index is -0.690. The number of rotatable bonds is 1. The Kier molecular flexibility index (Phi) is 2.23. The van der Waals surface area contributed by atoms with Gasteiger partial charge in [0.15, 0.2) is 6.04 Å². The van der Waals surface area contributed by atoms with Gasteiger partial charge in [-0.1, -0.05) is 24.8 Å². The molecule has 1 aromatic carbocycles. The van der Waals surface area contributed by atoms with E-state index in [2.05, 4.69) is 16.6 Å². The van der Waals surface area contributed by atoms with Gasteiger partial charge in [-0.05, 0) is 17.7 Å². The van der Waals surface area contributed by atoms with Gasteiger partial charge in [0, 0.05) is 16.8 Å². The van der Waals surface area contributed by atoms with Crippen molar-refractivity contribution in [2.24, 2.45) is 10.7 Å². The van der Waals surface area contributed by atoms with Gasteiger partial charge in [0.25, 0.3) is 0 Å². The number of carbonyl (C=O) groups is 1. The molecule has 0 saturated carbocycles. The zero-order valence-electron chi connectivity index (χ0n) is 9.63. The van der Waals surface area contributed by atoms with Crippen molar-refractivity contribution in [3.05, 3.63) is 53.2 Å². The number of hydrogen-bond donors (Lipinski definition) is 1. The van der Waals surface area contributed by atoms with E-state index in [0.717, 1.165) is 16.1 Å². The minimum absolute atomic E-state index is 0.491. The summed E-state index contributed by atoms with van der Waals surface area (Å²) in [5, 5.41) is 2.62. The highest BCUT2D eigenvalue weighted by Crippen LogP contribution is 2.10. The van der Waals surface area contributed by atoms with Crippen molar-refractivity contribution in [3.63, 3.8) is 0 Å². The Morgan fingerprint density at radius 3 is 2.94 bits per heavy atom. The molecule has 3 rings (SSSR count). The number of amides is 1. The van der Waals surface area contributed by atoms with E-state index in [9.17, 15) is 4.79 Å². The van der Waals surface area contributed by atoms with Gasteiger partial charge in [-0.25, -0.2) is 0 Å². The second-order valence-electron chi connectivity index (χ2n) is 4.23. The quantitative estimate of drug-likeness (QED) is 0.762. The zero-order chi connectivity index (χ0) is 12.7. The third-order valence-corrected chi connectivity index (χ3v) is 3.00. The van der Waals surface area contributed by atoms with Crippen LogP contribution in [-0.2, 0) is 4.79 Å². The standard InChI is InChI=1S/C14H11N3O/c1-8-7-10-5-4-9-3-2-6-16-12(9)13(10)17-11(8)14(15)18/h2-7,11H,1H2,(H2,15,18). The Hall–Kier alpha value is -2.49. The van der Waals surface area contributed by atoms with Gasteiger partial charge in [0.05, 0.1) is 10.9 Å². The first-order chi connectivity index (χ1) is 8.66. The Morgan fingerprint density at radius 2 is 2.17 bits per heavy atom. The predicted molar refractivity (Wildman–Crippen MR) is 69.1 cm³/mol. The van der Waals surface area contributed by atoms with Crippen LogP contribution in [-0.4, -0.2) is 16.9 Å². The molecule has 88 valence electrons. The highest BCUT2D eigenvalue weighted by molar-refractivity contribution is 5.87. The van der Waals surface area contributed by atoms with Crippen LogP contribution >= 0.6 is 0 Å². The van der Waals surface area contributed by atoms with E-state index < -0.39 is 11.9 Å². The second kappa shape index (κ2) is 3.77. The number of benzene rings is 1. The van der Waals surface area contributed by atoms with Crippen LogP contribution in [0.5, 0.6) is 0 Å². The summed E-state index contributed by atoms with van der Waals surface area (Å²) in [6.07, 6.45) is 3.55. The molecule has 18 heavy (non-hydrogen) atoms. The maximum Gasteiger partial charge on any atom is 0.246 e. The summed E-state index contributed by atoms with van der Waals surface area (Å²) in [5.41, 5.74) is 6.72. The van der Waals surface area contributed by atoms with E-state index in [1.165, 1.54) is 0 Å². The van der Waals surface area contributed by atoms with E-state index >= 15 is 0 Å². The molecular formula is C14H11N3O. The predicted octanol–water partition coefficient (Wildman–Crippen LogP) is 0.0586. The molecule has 1 aliphatic heterocycles. The van der Waals surface area contributed by atoms with Crippen LogP contribution < -0.4 is 16.3 Å². The van der Waals surface area contributed by atoms with Crippen molar-refractivity contribution in [1.29, 1.82) is 0 Å². The summed E-state index contributed by atoms with van der Waals surface area (Å²) in [6.45, 7) is 3.83. The molecule has 0 spiro atoms. The van der Waals surface area contributed by atoms with Gasteiger partial charge in [0.1, 0.15) is 0 Å². The van der Waals surface area contributed by atoms with E-state index in [-0.39, 0.29) is 0 Å². The van der Waals surface area contributed by atoms with Crippen LogP contribution in [0.25, 0.3) is 17.0 Å². The number of primary amides is 1. The number of fused-ring (bicyclic) bond motifs is 3. The molecule has 0 aliphatic carbocycles. The van der Waals surface area contributed by atoms with Crippen molar-refractivity contribution < 1.29 is 4.79 Å². The molecule has 0 bridgehead atoms. The minimum Gasteiger partial charge on any atom is -0.368 e. The van der Waals surface area contributed by atoms with Crippen LogP contribution in [0.15, 0.2) is 47.6 Å². The fourth-order valence-corrected chi connectivity index (χ4v) is 2.13. The molecule has 4 nitrogen and oxygen atoms in total. The lowest BCUT2D eigenvalue weighted by molar-refractivity contribution is -0.118. The highest BCUT2D eigenvalue weighted by Gasteiger charge is 2.19. The van der Waals surface area contributed by atoms with E-state index in [4.69, 9.17) is 5.73 Å². The summed E-state index contributed by atoms with van der Waals surface area (Å²) in [6, 6.07) is 7.06. The molecule has 0 fully saturated rings. The molecule has 1 aliphatic rings. The fourth-order valence-electron chi connectivity index (χ4n) is 2.13. The monoisotopic (exact) mass is 237 g/mol. The lowest BCUT2D eigenvalue weighted by atomic mass is 10.0. The van der Waals surface area contributed by atoms with Crippen molar-refractivity contribution in [3.8, 4) is 0 Å². The lowest BCUT2D eigenvalue weighted by Gasteiger charge is -2.13. The largest absolute Gasteiger partial charge is 0.368 e. The van der Waals surface area contributed by atoms with Crippen molar-refractivity contribution in [1.82, 2.24) is 4.98 Å². The normalized spacial score (nSPS) is 17.8. The third kappa shape index (κ3) is 1.50. The molecule has 1 amide bonds. The Balaban J connectivity index is 2.44. The molecule has 2 heterocycles. The average molecular weight is 237 g/mol. The van der Waals surface area contributed by atoms with Gasteiger partial charge in [-0.2, -0.15) is 0 Å². The topological polar surface area (TPSA) is 68.3 Å². The number of carbonyl (C=O) groups excluding carboxylic acids is 1. The average Bonchev–Trinajstić information content (AvgIpc) is 2.37. The molecule has 4 heteroatoms. The highest BCUT2D eigenvalue weighted by atomic mass is 16.1. The smallest absolute Gasteiger partial charge is 0.246 e. The molecule has 1 atom stereocenters. The van der Waals surface area contributed by atoms with E-state index in [0.29, 0.717) is 10.9 Å². The van der Waals surface area contributed by atoms with Gasteiger partial charge < -0.3 is 5.73 Å². The van der Waals surface area contributed by atoms with Crippen LogP contribution in [0.4, 0.5) is 0 Å². The summed E-state index contributed by atoms with van der Waals surface area (Å²) in [5.74, 6) is -0.491. The van der Waals surface area contributed by atoms with Crippen LogP contribution in [0.1, 0.15) is 0 Å². The summed E-state index contributed by atoms with van der Waals surface area (Å²) in [7, 11) is 0. The van der Waals surface area contributed by atoms with Gasteiger partial charge >= 0.3 is 0 Å². The van der Waals surface area contributed by atoms with E-state index in [1.807, 2.05) is 30.3 Å². The van der Waals surface area contributed by atoms with Crippen molar-refractivity contribution >= 4 is 22.9 Å². The van der Waals surface area contributed by atoms with Crippen molar-refractivity contribution in [2.45, 2.75) is 6.04 Å². The SMILES string of the molecule is C=C1C=c2ccc3cccnc3c2=NC1C(N)=O. The number of nitrogens with two attached hydrogens (primary N) is 1. The Bertz CT molecular complexity index is 792. The summed E-state index contributed by atoms with van der Waals surface area (Å²) < 4.78 is 0.